The van der Waals surface area contributed by atoms with Crippen LogP contribution in [0.3, 0.4) is 0 Å². The lowest BCUT2D eigenvalue weighted by Gasteiger charge is -2.13. The van der Waals surface area contributed by atoms with E-state index < -0.39 is 0 Å². The van der Waals surface area contributed by atoms with E-state index in [1.54, 1.807) is 11.9 Å². The molecular formula is C12H19NO2. The summed E-state index contributed by atoms with van der Waals surface area (Å²) in [5.74, 6) is 6.18. The third-order valence-corrected chi connectivity index (χ3v) is 2.72. The van der Waals surface area contributed by atoms with Crippen LogP contribution in [0.5, 0.6) is 0 Å². The summed E-state index contributed by atoms with van der Waals surface area (Å²) in [5.41, 5.74) is 0. The van der Waals surface area contributed by atoms with Crippen LogP contribution in [0.2, 0.25) is 0 Å². The van der Waals surface area contributed by atoms with Crippen molar-refractivity contribution >= 4 is 5.91 Å². The van der Waals surface area contributed by atoms with E-state index in [4.69, 9.17) is 0 Å². The lowest BCUT2D eigenvalue weighted by Crippen LogP contribution is -2.27. The topological polar surface area (TPSA) is 40.5 Å². The maximum atomic E-state index is 11.2. The first kappa shape index (κ1) is 12.1. The van der Waals surface area contributed by atoms with Gasteiger partial charge in [0.05, 0.1) is 12.1 Å². The van der Waals surface area contributed by atoms with Crippen molar-refractivity contribution in [2.75, 3.05) is 7.05 Å². The molecule has 0 aromatic heterocycles. The molecule has 1 aliphatic heterocycles. The molecule has 1 amide bonds. The van der Waals surface area contributed by atoms with Gasteiger partial charge in [-0.3, -0.25) is 4.79 Å². The van der Waals surface area contributed by atoms with Crippen LogP contribution in [-0.4, -0.2) is 35.1 Å². The van der Waals surface area contributed by atoms with Gasteiger partial charge in [0.15, 0.2) is 0 Å². The molecule has 84 valence electrons. The normalized spacial score (nSPS) is 22.5. The molecule has 0 spiro atoms. The molecule has 1 saturated heterocycles. The first-order chi connectivity index (χ1) is 7.15. The monoisotopic (exact) mass is 209 g/mol. The number of hydrogen-bond acceptors (Lipinski definition) is 2. The summed E-state index contributed by atoms with van der Waals surface area (Å²) in [5, 5.41) is 9.46. The lowest BCUT2D eigenvalue weighted by molar-refractivity contribution is -0.127. The number of carbonyl (C=O) groups excluding carboxylic acids is 1. The summed E-state index contributed by atoms with van der Waals surface area (Å²) >= 11 is 0. The Balaban J connectivity index is 2.35. The van der Waals surface area contributed by atoms with E-state index in [1.165, 1.54) is 0 Å². The number of amides is 1. The number of aliphatic hydroxyl groups excluding tert-OH is 1. The van der Waals surface area contributed by atoms with Gasteiger partial charge >= 0.3 is 0 Å². The zero-order valence-corrected chi connectivity index (χ0v) is 9.49. The van der Waals surface area contributed by atoms with E-state index in [9.17, 15) is 9.90 Å². The smallest absolute Gasteiger partial charge is 0.223 e. The highest BCUT2D eigenvalue weighted by Crippen LogP contribution is 2.15. The summed E-state index contributed by atoms with van der Waals surface area (Å²) in [4.78, 5) is 12.9. The molecule has 0 aromatic carbocycles. The molecule has 0 aromatic rings. The minimum absolute atomic E-state index is 0.0614. The van der Waals surface area contributed by atoms with Gasteiger partial charge in [0.1, 0.15) is 0 Å². The molecule has 3 nitrogen and oxygen atoms in total. The quantitative estimate of drug-likeness (QED) is 0.709. The van der Waals surface area contributed by atoms with Crippen molar-refractivity contribution in [1.29, 1.82) is 0 Å². The summed E-state index contributed by atoms with van der Waals surface area (Å²) in [6, 6.07) is 0.0614. The van der Waals surface area contributed by atoms with Gasteiger partial charge in [-0.15, -0.1) is 0 Å². The van der Waals surface area contributed by atoms with E-state index in [0.717, 1.165) is 19.3 Å². The highest BCUT2D eigenvalue weighted by atomic mass is 16.3. The summed E-state index contributed by atoms with van der Waals surface area (Å²) in [7, 11) is 1.79. The maximum Gasteiger partial charge on any atom is 0.223 e. The van der Waals surface area contributed by atoms with Crippen molar-refractivity contribution in [1.82, 2.24) is 4.90 Å². The fraction of sp³-hybridized carbons (Fsp3) is 0.750. The molecule has 1 fully saturated rings. The van der Waals surface area contributed by atoms with Gasteiger partial charge in [0.25, 0.3) is 0 Å². The Morgan fingerprint density at radius 1 is 1.67 bits per heavy atom. The average Bonchev–Trinajstić information content (AvgIpc) is 2.50. The standard InChI is InChI=1S/C12H19NO2/c1-3-5-11(14)7-4-6-10-8-9-12(15)13(10)2/h10-11,14H,3,5,7-9H2,1-2H3. The highest BCUT2D eigenvalue weighted by Gasteiger charge is 2.25. The van der Waals surface area contributed by atoms with Crippen LogP contribution in [0.15, 0.2) is 0 Å². The number of likely N-dealkylation sites (tertiary alicyclic amines) is 1. The van der Waals surface area contributed by atoms with Crippen molar-refractivity contribution < 1.29 is 9.90 Å². The molecule has 0 bridgehead atoms. The van der Waals surface area contributed by atoms with Crippen molar-refractivity contribution in [3.05, 3.63) is 0 Å². The van der Waals surface area contributed by atoms with E-state index in [-0.39, 0.29) is 18.1 Å². The molecule has 1 rings (SSSR count). The van der Waals surface area contributed by atoms with Crippen LogP contribution < -0.4 is 0 Å². The van der Waals surface area contributed by atoms with Crippen LogP contribution in [0, 0.1) is 11.8 Å². The minimum Gasteiger partial charge on any atom is -0.392 e. The fourth-order valence-electron chi connectivity index (χ4n) is 1.70. The first-order valence-electron chi connectivity index (χ1n) is 5.57. The molecule has 1 aliphatic rings. The molecule has 3 heteroatoms. The number of carbonyl (C=O) groups is 1. The first-order valence-corrected chi connectivity index (χ1v) is 5.57. The van der Waals surface area contributed by atoms with Crippen LogP contribution in [0.1, 0.15) is 39.0 Å². The number of hydrogen-bond donors (Lipinski definition) is 1. The Hall–Kier alpha value is -1.01. The molecule has 0 radical (unpaired) electrons. The maximum absolute atomic E-state index is 11.2. The Labute approximate surface area is 91.5 Å². The molecule has 0 aliphatic carbocycles. The van der Waals surface area contributed by atoms with Crippen LogP contribution >= 0.6 is 0 Å². The van der Waals surface area contributed by atoms with Crippen LogP contribution in [0.4, 0.5) is 0 Å². The minimum atomic E-state index is -0.315. The molecule has 2 atom stereocenters. The zero-order valence-electron chi connectivity index (χ0n) is 9.49. The van der Waals surface area contributed by atoms with Crippen molar-refractivity contribution in [2.24, 2.45) is 0 Å². The Morgan fingerprint density at radius 3 is 2.93 bits per heavy atom. The van der Waals surface area contributed by atoms with Gasteiger partial charge in [-0.05, 0) is 12.8 Å². The number of rotatable bonds is 3. The number of aliphatic hydroxyl groups is 1. The predicted molar refractivity (Wildman–Crippen MR) is 59.1 cm³/mol. The summed E-state index contributed by atoms with van der Waals surface area (Å²) in [6.07, 6.45) is 3.41. The largest absolute Gasteiger partial charge is 0.392 e. The van der Waals surface area contributed by atoms with Gasteiger partial charge in [0.2, 0.25) is 5.91 Å². The third-order valence-electron chi connectivity index (χ3n) is 2.72. The van der Waals surface area contributed by atoms with Gasteiger partial charge in [-0.2, -0.15) is 0 Å². The molecule has 15 heavy (non-hydrogen) atoms. The molecule has 1 heterocycles. The van der Waals surface area contributed by atoms with Crippen molar-refractivity contribution in [3.8, 4) is 11.8 Å². The van der Waals surface area contributed by atoms with Crippen molar-refractivity contribution in [3.63, 3.8) is 0 Å². The summed E-state index contributed by atoms with van der Waals surface area (Å²) in [6.45, 7) is 2.04. The summed E-state index contributed by atoms with van der Waals surface area (Å²) < 4.78 is 0. The third kappa shape index (κ3) is 3.56. The SMILES string of the molecule is CCCC(O)CC#CC1CCC(=O)N1C. The van der Waals surface area contributed by atoms with Crippen molar-refractivity contribution in [2.45, 2.75) is 51.2 Å². The van der Waals surface area contributed by atoms with E-state index in [2.05, 4.69) is 11.8 Å². The average molecular weight is 209 g/mol. The fourth-order valence-corrected chi connectivity index (χ4v) is 1.70. The second-order valence-electron chi connectivity index (χ2n) is 4.03. The van der Waals surface area contributed by atoms with E-state index in [1.807, 2.05) is 6.92 Å². The van der Waals surface area contributed by atoms with Crippen LogP contribution in [0.25, 0.3) is 0 Å². The van der Waals surface area contributed by atoms with E-state index >= 15 is 0 Å². The second-order valence-corrected chi connectivity index (χ2v) is 4.03. The van der Waals surface area contributed by atoms with Gasteiger partial charge < -0.3 is 10.0 Å². The molecule has 1 N–H and O–H groups in total. The predicted octanol–water partition coefficient (Wildman–Crippen LogP) is 1.16. The van der Waals surface area contributed by atoms with E-state index in [0.29, 0.717) is 12.8 Å². The lowest BCUT2D eigenvalue weighted by atomic mass is 10.1. The molecular weight excluding hydrogens is 190 g/mol. The van der Waals surface area contributed by atoms with Crippen LogP contribution in [-0.2, 0) is 4.79 Å². The van der Waals surface area contributed by atoms with Gasteiger partial charge in [-0.25, -0.2) is 0 Å². The Kier molecular flexibility index (Phi) is 4.64. The highest BCUT2D eigenvalue weighted by molar-refractivity contribution is 5.79. The second kappa shape index (κ2) is 5.77. The Morgan fingerprint density at radius 2 is 2.40 bits per heavy atom. The Bertz CT molecular complexity index is 277. The van der Waals surface area contributed by atoms with Gasteiger partial charge in [0, 0.05) is 19.9 Å². The zero-order chi connectivity index (χ0) is 11.3. The number of nitrogens with zero attached hydrogens (tertiary/aromatic N) is 1. The molecule has 2 unspecified atom stereocenters. The molecule has 0 saturated carbocycles. The van der Waals surface area contributed by atoms with Gasteiger partial charge in [-0.1, -0.05) is 25.2 Å².